The predicted octanol–water partition coefficient (Wildman–Crippen LogP) is 0.659. The summed E-state index contributed by atoms with van der Waals surface area (Å²) >= 11 is 0. The smallest absolute Gasteiger partial charge is 0.240 e. The monoisotopic (exact) mass is 200 g/mol. The van der Waals surface area contributed by atoms with Crippen molar-refractivity contribution in [2.24, 2.45) is 17.6 Å². The molecule has 14 heavy (non-hydrogen) atoms. The van der Waals surface area contributed by atoms with E-state index < -0.39 is 11.9 Å². The molecule has 0 aromatic rings. The van der Waals surface area contributed by atoms with Gasteiger partial charge in [-0.3, -0.25) is 9.59 Å². The molecule has 4 heteroatoms. The molecule has 0 bridgehead atoms. The zero-order valence-electron chi connectivity index (χ0n) is 9.33. The second-order valence-electron chi connectivity index (χ2n) is 3.93. The summed E-state index contributed by atoms with van der Waals surface area (Å²) in [5.41, 5.74) is 5.21. The van der Waals surface area contributed by atoms with Gasteiger partial charge in [0.05, 0.1) is 0 Å². The number of hydrogen-bond acceptors (Lipinski definition) is 2. The topological polar surface area (TPSA) is 72.2 Å². The summed E-state index contributed by atoms with van der Waals surface area (Å²) in [6.07, 6.45) is 0.811. The first-order valence-electron chi connectivity index (χ1n) is 4.99. The van der Waals surface area contributed by atoms with Crippen LogP contribution in [0.25, 0.3) is 0 Å². The molecule has 0 aliphatic heterocycles. The lowest BCUT2D eigenvalue weighted by Crippen LogP contribution is -2.49. The van der Waals surface area contributed by atoms with E-state index in [2.05, 4.69) is 5.32 Å². The maximum absolute atomic E-state index is 11.4. The van der Waals surface area contributed by atoms with Gasteiger partial charge in [0.15, 0.2) is 0 Å². The third kappa shape index (κ3) is 3.77. The second-order valence-corrected chi connectivity index (χ2v) is 3.93. The Balaban J connectivity index is 4.38. The van der Waals surface area contributed by atoms with Gasteiger partial charge in [-0.25, -0.2) is 0 Å². The quantitative estimate of drug-likeness (QED) is 0.684. The summed E-state index contributed by atoms with van der Waals surface area (Å²) in [4.78, 5) is 22.4. The summed E-state index contributed by atoms with van der Waals surface area (Å²) in [5, 5.41) is 2.65. The minimum atomic E-state index is -0.546. The van der Waals surface area contributed by atoms with E-state index in [1.165, 1.54) is 0 Å². The number of carbonyl (C=O) groups excluding carboxylic acids is 2. The highest BCUT2D eigenvalue weighted by molar-refractivity contribution is 5.87. The summed E-state index contributed by atoms with van der Waals surface area (Å²) in [6.45, 7) is 7.42. The van der Waals surface area contributed by atoms with E-state index in [9.17, 15) is 9.59 Å². The largest absolute Gasteiger partial charge is 0.368 e. The molecule has 0 saturated heterocycles. The van der Waals surface area contributed by atoms with Gasteiger partial charge in [-0.2, -0.15) is 0 Å². The Morgan fingerprint density at radius 3 is 2.07 bits per heavy atom. The molecule has 0 rings (SSSR count). The van der Waals surface area contributed by atoms with Crippen LogP contribution in [-0.4, -0.2) is 17.9 Å². The van der Waals surface area contributed by atoms with Gasteiger partial charge in [0.2, 0.25) is 11.8 Å². The maximum Gasteiger partial charge on any atom is 0.240 e. The molecule has 0 aliphatic rings. The highest BCUT2D eigenvalue weighted by Crippen LogP contribution is 2.08. The average Bonchev–Trinajstić information content (AvgIpc) is 2.11. The standard InChI is InChI=1S/C10H20N2O2/c1-5-7(4)8(9(11)13)12-10(14)6(2)3/h6-8H,5H2,1-4H3,(H2,11,13)(H,12,14)/t7-,8-/m1/s1. The van der Waals surface area contributed by atoms with E-state index in [4.69, 9.17) is 5.73 Å². The number of amides is 2. The Morgan fingerprint density at radius 2 is 1.79 bits per heavy atom. The molecule has 2 atom stereocenters. The third-order valence-electron chi connectivity index (χ3n) is 2.34. The molecule has 0 radical (unpaired) electrons. The van der Waals surface area contributed by atoms with Crippen molar-refractivity contribution < 1.29 is 9.59 Å². The highest BCUT2D eigenvalue weighted by Gasteiger charge is 2.24. The van der Waals surface area contributed by atoms with E-state index in [0.717, 1.165) is 6.42 Å². The fourth-order valence-electron chi connectivity index (χ4n) is 1.05. The van der Waals surface area contributed by atoms with Crippen molar-refractivity contribution in [3.63, 3.8) is 0 Å². The van der Waals surface area contributed by atoms with Crippen LogP contribution in [0.4, 0.5) is 0 Å². The molecule has 0 aliphatic carbocycles. The molecule has 82 valence electrons. The van der Waals surface area contributed by atoms with Crippen LogP contribution in [0.3, 0.4) is 0 Å². The number of hydrogen-bond donors (Lipinski definition) is 2. The lowest BCUT2D eigenvalue weighted by Gasteiger charge is -2.22. The third-order valence-corrected chi connectivity index (χ3v) is 2.34. The minimum Gasteiger partial charge on any atom is -0.368 e. The minimum absolute atomic E-state index is 0.0789. The normalized spacial score (nSPS) is 14.9. The van der Waals surface area contributed by atoms with Crippen molar-refractivity contribution in [1.29, 1.82) is 0 Å². The summed E-state index contributed by atoms with van der Waals surface area (Å²) < 4.78 is 0. The molecule has 2 amide bonds. The summed E-state index contributed by atoms with van der Waals surface area (Å²) in [7, 11) is 0. The number of carbonyl (C=O) groups is 2. The summed E-state index contributed by atoms with van der Waals surface area (Å²) in [6, 6.07) is -0.546. The zero-order valence-corrected chi connectivity index (χ0v) is 9.33. The van der Waals surface area contributed by atoms with Gasteiger partial charge in [-0.1, -0.05) is 34.1 Å². The Morgan fingerprint density at radius 1 is 1.29 bits per heavy atom. The molecular weight excluding hydrogens is 180 g/mol. The number of rotatable bonds is 5. The van der Waals surface area contributed by atoms with E-state index in [1.807, 2.05) is 13.8 Å². The van der Waals surface area contributed by atoms with Gasteiger partial charge in [0.25, 0.3) is 0 Å². The number of nitrogens with one attached hydrogen (secondary N) is 1. The highest BCUT2D eigenvalue weighted by atomic mass is 16.2. The van der Waals surface area contributed by atoms with Crippen LogP contribution in [0.15, 0.2) is 0 Å². The molecule has 0 aromatic heterocycles. The Bertz CT molecular complexity index is 214. The van der Waals surface area contributed by atoms with Gasteiger partial charge < -0.3 is 11.1 Å². The molecule has 0 unspecified atom stereocenters. The molecule has 3 N–H and O–H groups in total. The lowest BCUT2D eigenvalue weighted by molar-refractivity contribution is -0.130. The number of primary amides is 1. The molecule has 0 saturated carbocycles. The van der Waals surface area contributed by atoms with Gasteiger partial charge in [0.1, 0.15) is 6.04 Å². The predicted molar refractivity (Wildman–Crippen MR) is 55.4 cm³/mol. The summed E-state index contributed by atoms with van der Waals surface area (Å²) in [5.74, 6) is -0.640. The van der Waals surface area contributed by atoms with Crippen LogP contribution in [0.5, 0.6) is 0 Å². The van der Waals surface area contributed by atoms with Crippen LogP contribution >= 0.6 is 0 Å². The van der Waals surface area contributed by atoms with Gasteiger partial charge >= 0.3 is 0 Å². The van der Waals surface area contributed by atoms with Crippen molar-refractivity contribution in [3.05, 3.63) is 0 Å². The van der Waals surface area contributed by atoms with E-state index in [-0.39, 0.29) is 17.7 Å². The van der Waals surface area contributed by atoms with Crippen molar-refractivity contribution >= 4 is 11.8 Å². The van der Waals surface area contributed by atoms with Crippen LogP contribution in [0.1, 0.15) is 34.1 Å². The van der Waals surface area contributed by atoms with E-state index >= 15 is 0 Å². The van der Waals surface area contributed by atoms with E-state index in [0.29, 0.717) is 0 Å². The number of nitrogens with two attached hydrogens (primary N) is 1. The SMILES string of the molecule is CC[C@@H](C)[C@@H](NC(=O)C(C)C)C(N)=O. The van der Waals surface area contributed by atoms with Crippen LogP contribution in [0, 0.1) is 11.8 Å². The van der Waals surface area contributed by atoms with Crippen molar-refractivity contribution in [3.8, 4) is 0 Å². The van der Waals surface area contributed by atoms with Crippen molar-refractivity contribution in [1.82, 2.24) is 5.32 Å². The van der Waals surface area contributed by atoms with Crippen LogP contribution < -0.4 is 11.1 Å². The lowest BCUT2D eigenvalue weighted by atomic mass is 9.98. The van der Waals surface area contributed by atoms with Gasteiger partial charge in [0, 0.05) is 5.92 Å². The Kier molecular flexibility index (Phi) is 5.20. The molecule has 4 nitrogen and oxygen atoms in total. The van der Waals surface area contributed by atoms with Gasteiger partial charge in [-0.05, 0) is 5.92 Å². The van der Waals surface area contributed by atoms with Crippen molar-refractivity contribution in [2.75, 3.05) is 0 Å². The van der Waals surface area contributed by atoms with Crippen molar-refractivity contribution in [2.45, 2.75) is 40.2 Å². The zero-order chi connectivity index (χ0) is 11.3. The first-order chi connectivity index (χ1) is 6.40. The maximum atomic E-state index is 11.4. The Hall–Kier alpha value is -1.06. The molecule has 0 spiro atoms. The van der Waals surface area contributed by atoms with Crippen LogP contribution in [-0.2, 0) is 9.59 Å². The molecular formula is C10H20N2O2. The van der Waals surface area contributed by atoms with Gasteiger partial charge in [-0.15, -0.1) is 0 Å². The Labute approximate surface area is 85.2 Å². The second kappa shape index (κ2) is 5.62. The van der Waals surface area contributed by atoms with Crippen LogP contribution in [0.2, 0.25) is 0 Å². The first-order valence-corrected chi connectivity index (χ1v) is 4.99. The fraction of sp³-hybridized carbons (Fsp3) is 0.800. The molecule has 0 fully saturated rings. The average molecular weight is 200 g/mol. The molecule has 0 heterocycles. The first kappa shape index (κ1) is 12.9. The molecule has 0 aromatic carbocycles. The van der Waals surface area contributed by atoms with E-state index in [1.54, 1.807) is 13.8 Å². The fourth-order valence-corrected chi connectivity index (χ4v) is 1.05.